The molecule has 0 aliphatic rings. The quantitative estimate of drug-likeness (QED) is 0.792. The molecule has 0 spiro atoms. The van der Waals surface area contributed by atoms with Crippen LogP contribution in [0, 0.1) is 6.92 Å². The number of benzene rings is 1. The Morgan fingerprint density at radius 1 is 1.26 bits per heavy atom. The molecule has 0 aliphatic heterocycles. The fraction of sp³-hybridized carbons (Fsp3) is 0.154. The number of rotatable bonds is 3. The van der Waals surface area contributed by atoms with Crippen molar-refractivity contribution >= 4 is 42.6 Å². The number of nitrogens with zero attached hydrogens (tertiary/aromatic N) is 3. The zero-order valence-corrected chi connectivity index (χ0v) is 12.6. The van der Waals surface area contributed by atoms with Crippen molar-refractivity contribution in [3.05, 3.63) is 46.5 Å². The summed E-state index contributed by atoms with van der Waals surface area (Å²) in [4.78, 5) is 13.1. The van der Waals surface area contributed by atoms with Gasteiger partial charge in [0.05, 0.1) is 34.3 Å². The Bertz CT molecular complexity index is 708. The first-order valence-electron chi connectivity index (χ1n) is 5.78. The highest BCUT2D eigenvalue weighted by molar-refractivity contribution is 9.10. The van der Waals surface area contributed by atoms with Crippen LogP contribution in [0.25, 0.3) is 10.2 Å². The van der Waals surface area contributed by atoms with E-state index in [0.29, 0.717) is 6.54 Å². The predicted molar refractivity (Wildman–Crippen MR) is 81.4 cm³/mol. The Morgan fingerprint density at radius 3 is 2.95 bits per heavy atom. The van der Waals surface area contributed by atoms with Gasteiger partial charge in [-0.2, -0.15) is 0 Å². The number of aromatic nitrogens is 3. The van der Waals surface area contributed by atoms with Crippen LogP contribution in [0.5, 0.6) is 0 Å². The van der Waals surface area contributed by atoms with E-state index in [1.54, 1.807) is 23.7 Å². The molecule has 0 radical (unpaired) electrons. The average Bonchev–Trinajstić information content (AvgIpc) is 2.80. The zero-order chi connectivity index (χ0) is 13.2. The van der Waals surface area contributed by atoms with E-state index in [1.165, 1.54) is 0 Å². The van der Waals surface area contributed by atoms with Gasteiger partial charge in [-0.3, -0.25) is 9.97 Å². The first kappa shape index (κ1) is 12.5. The van der Waals surface area contributed by atoms with Crippen molar-refractivity contribution in [2.75, 3.05) is 5.32 Å². The minimum atomic E-state index is 0.633. The fourth-order valence-corrected chi connectivity index (χ4v) is 3.06. The standard InChI is InChI=1S/C13H11BrN4S/c1-8-5-16-10(6-15-8)7-17-13-18-11-3-2-9(14)4-12(11)19-13/h2-6H,7H2,1H3,(H,17,18). The summed E-state index contributed by atoms with van der Waals surface area (Å²) in [5.41, 5.74) is 2.84. The second kappa shape index (κ2) is 5.22. The van der Waals surface area contributed by atoms with Crippen molar-refractivity contribution in [2.24, 2.45) is 0 Å². The second-order valence-electron chi connectivity index (χ2n) is 4.13. The number of hydrogen-bond donors (Lipinski definition) is 1. The monoisotopic (exact) mass is 334 g/mol. The minimum Gasteiger partial charge on any atom is -0.356 e. The number of anilines is 1. The van der Waals surface area contributed by atoms with Crippen LogP contribution < -0.4 is 5.32 Å². The summed E-state index contributed by atoms with van der Waals surface area (Å²) in [6.07, 6.45) is 3.55. The molecule has 0 saturated carbocycles. The summed E-state index contributed by atoms with van der Waals surface area (Å²) < 4.78 is 2.23. The third kappa shape index (κ3) is 2.90. The summed E-state index contributed by atoms with van der Waals surface area (Å²) in [5, 5.41) is 4.18. The van der Waals surface area contributed by atoms with E-state index >= 15 is 0 Å². The van der Waals surface area contributed by atoms with Gasteiger partial charge in [0.2, 0.25) is 0 Å². The molecule has 0 amide bonds. The number of thiazole rings is 1. The smallest absolute Gasteiger partial charge is 0.184 e. The molecule has 4 nitrogen and oxygen atoms in total. The van der Waals surface area contributed by atoms with Crippen molar-refractivity contribution in [2.45, 2.75) is 13.5 Å². The van der Waals surface area contributed by atoms with Crippen LogP contribution in [-0.4, -0.2) is 15.0 Å². The van der Waals surface area contributed by atoms with Crippen molar-refractivity contribution in [3.8, 4) is 0 Å². The SMILES string of the molecule is Cc1cnc(CNc2nc3ccc(Br)cc3s2)cn1. The molecular weight excluding hydrogens is 324 g/mol. The Morgan fingerprint density at radius 2 is 2.16 bits per heavy atom. The molecule has 0 atom stereocenters. The lowest BCUT2D eigenvalue weighted by Crippen LogP contribution is -2.02. The molecule has 2 heterocycles. The lowest BCUT2D eigenvalue weighted by molar-refractivity contribution is 0.983. The van der Waals surface area contributed by atoms with Gasteiger partial charge in [-0.25, -0.2) is 4.98 Å². The van der Waals surface area contributed by atoms with E-state index in [2.05, 4.69) is 42.3 Å². The van der Waals surface area contributed by atoms with Crippen molar-refractivity contribution in [1.82, 2.24) is 15.0 Å². The lowest BCUT2D eigenvalue weighted by atomic mass is 10.3. The fourth-order valence-electron chi connectivity index (χ4n) is 1.65. The van der Waals surface area contributed by atoms with E-state index in [1.807, 2.05) is 19.1 Å². The molecule has 2 aromatic heterocycles. The Kier molecular flexibility index (Phi) is 3.44. The molecule has 3 rings (SSSR count). The van der Waals surface area contributed by atoms with Gasteiger partial charge in [0.15, 0.2) is 5.13 Å². The van der Waals surface area contributed by atoms with Gasteiger partial charge in [-0.05, 0) is 25.1 Å². The summed E-state index contributed by atoms with van der Waals surface area (Å²) >= 11 is 5.10. The molecular formula is C13H11BrN4S. The van der Waals surface area contributed by atoms with Crippen LogP contribution in [0.15, 0.2) is 35.1 Å². The topological polar surface area (TPSA) is 50.7 Å². The molecule has 19 heavy (non-hydrogen) atoms. The zero-order valence-electron chi connectivity index (χ0n) is 10.2. The van der Waals surface area contributed by atoms with Crippen LogP contribution >= 0.6 is 27.3 Å². The molecule has 0 bridgehead atoms. The number of aryl methyl sites for hydroxylation is 1. The third-order valence-electron chi connectivity index (χ3n) is 2.61. The Hall–Kier alpha value is -1.53. The molecule has 0 fully saturated rings. The summed E-state index contributed by atoms with van der Waals surface area (Å²) in [6.45, 7) is 2.56. The lowest BCUT2D eigenvalue weighted by Gasteiger charge is -2.01. The molecule has 1 N–H and O–H groups in total. The minimum absolute atomic E-state index is 0.633. The summed E-state index contributed by atoms with van der Waals surface area (Å²) in [5.74, 6) is 0. The van der Waals surface area contributed by atoms with Gasteiger partial charge in [-0.1, -0.05) is 27.3 Å². The maximum absolute atomic E-state index is 4.52. The maximum Gasteiger partial charge on any atom is 0.184 e. The molecule has 0 saturated heterocycles. The average molecular weight is 335 g/mol. The van der Waals surface area contributed by atoms with Gasteiger partial charge < -0.3 is 5.32 Å². The van der Waals surface area contributed by atoms with E-state index in [0.717, 1.165) is 31.2 Å². The molecule has 0 aliphatic carbocycles. The van der Waals surface area contributed by atoms with E-state index < -0.39 is 0 Å². The van der Waals surface area contributed by atoms with Gasteiger partial charge in [-0.15, -0.1) is 0 Å². The highest BCUT2D eigenvalue weighted by Gasteiger charge is 2.04. The molecule has 96 valence electrons. The number of hydrogen-bond acceptors (Lipinski definition) is 5. The molecule has 6 heteroatoms. The summed E-state index contributed by atoms with van der Waals surface area (Å²) in [6, 6.07) is 6.08. The first-order chi connectivity index (χ1) is 9.20. The second-order valence-corrected chi connectivity index (χ2v) is 6.08. The van der Waals surface area contributed by atoms with E-state index in [4.69, 9.17) is 0 Å². The van der Waals surface area contributed by atoms with Crippen molar-refractivity contribution < 1.29 is 0 Å². The Labute approximate surface area is 123 Å². The molecule has 3 aromatic rings. The van der Waals surface area contributed by atoms with Gasteiger partial charge in [0.1, 0.15) is 0 Å². The maximum atomic E-state index is 4.52. The van der Waals surface area contributed by atoms with Crippen molar-refractivity contribution in [1.29, 1.82) is 0 Å². The number of nitrogens with one attached hydrogen (secondary N) is 1. The summed E-state index contributed by atoms with van der Waals surface area (Å²) in [7, 11) is 0. The number of halogens is 1. The van der Waals surface area contributed by atoms with E-state index in [9.17, 15) is 0 Å². The first-order valence-corrected chi connectivity index (χ1v) is 7.39. The van der Waals surface area contributed by atoms with Gasteiger partial charge in [0, 0.05) is 10.7 Å². The Balaban J connectivity index is 1.76. The van der Waals surface area contributed by atoms with Gasteiger partial charge >= 0.3 is 0 Å². The van der Waals surface area contributed by atoms with Crippen LogP contribution in [0.3, 0.4) is 0 Å². The third-order valence-corrected chi connectivity index (χ3v) is 4.07. The highest BCUT2D eigenvalue weighted by atomic mass is 79.9. The van der Waals surface area contributed by atoms with Crippen LogP contribution in [0.2, 0.25) is 0 Å². The molecule has 0 unspecified atom stereocenters. The van der Waals surface area contributed by atoms with Crippen LogP contribution in [-0.2, 0) is 6.54 Å². The number of fused-ring (bicyclic) bond motifs is 1. The van der Waals surface area contributed by atoms with Crippen molar-refractivity contribution in [3.63, 3.8) is 0 Å². The predicted octanol–water partition coefficient (Wildman–Crippen LogP) is 3.77. The van der Waals surface area contributed by atoms with Crippen LogP contribution in [0.4, 0.5) is 5.13 Å². The normalized spacial score (nSPS) is 10.8. The van der Waals surface area contributed by atoms with Gasteiger partial charge in [0.25, 0.3) is 0 Å². The molecule has 1 aromatic carbocycles. The van der Waals surface area contributed by atoms with Crippen LogP contribution in [0.1, 0.15) is 11.4 Å². The largest absolute Gasteiger partial charge is 0.356 e. The van der Waals surface area contributed by atoms with E-state index in [-0.39, 0.29) is 0 Å². The highest BCUT2D eigenvalue weighted by Crippen LogP contribution is 2.28.